The van der Waals surface area contributed by atoms with Gasteiger partial charge in [-0.15, -0.1) is 0 Å². The number of anilines is 1. The molecule has 2 aliphatic heterocycles. The molecule has 0 bridgehead atoms. The molecule has 2 saturated heterocycles. The summed E-state index contributed by atoms with van der Waals surface area (Å²) in [7, 11) is 1.50. The molecule has 2 aliphatic carbocycles. The number of amides is 4. The third kappa shape index (κ3) is 5.07. The smallest absolute Gasteiger partial charge is 0.260 e. The highest BCUT2D eigenvalue weighted by molar-refractivity contribution is 6.13. The molecule has 2 heterocycles. The number of carbonyl (C=O) groups excluding carboxylic acids is 4. The Bertz CT molecular complexity index is 2110. The molecular formula is C42H39N3O7. The number of likely N-dealkylation sites (tertiary alicyclic amines) is 1. The van der Waals surface area contributed by atoms with Crippen LogP contribution < -0.4 is 10.2 Å². The van der Waals surface area contributed by atoms with E-state index < -0.39 is 46.8 Å². The number of allylic oxidation sites excluding steroid dienone is 2. The van der Waals surface area contributed by atoms with Crippen LogP contribution in [-0.2, 0) is 31.0 Å². The molecule has 3 N–H and O–H groups in total. The molecule has 10 heteroatoms. The maximum atomic E-state index is 15.2. The number of hydrazine groups is 1. The highest BCUT2D eigenvalue weighted by Gasteiger charge is 2.70. The zero-order valence-corrected chi connectivity index (χ0v) is 28.9. The van der Waals surface area contributed by atoms with Gasteiger partial charge in [-0.05, 0) is 73.6 Å². The van der Waals surface area contributed by atoms with Gasteiger partial charge in [-0.2, -0.15) is 5.01 Å². The number of imide groups is 2. The Hall–Kier alpha value is -5.90. The van der Waals surface area contributed by atoms with E-state index in [4.69, 9.17) is 4.74 Å². The number of phenols is 2. The first kappa shape index (κ1) is 33.3. The van der Waals surface area contributed by atoms with E-state index in [-0.39, 0.29) is 42.7 Å². The van der Waals surface area contributed by atoms with Crippen molar-refractivity contribution < 1.29 is 34.1 Å². The number of fused-ring (bicyclic) bond motifs is 4. The molecule has 6 atom stereocenters. The van der Waals surface area contributed by atoms with E-state index in [1.54, 1.807) is 36.4 Å². The quantitative estimate of drug-likeness (QED) is 0.159. The van der Waals surface area contributed by atoms with Gasteiger partial charge in [0.25, 0.3) is 11.8 Å². The van der Waals surface area contributed by atoms with E-state index in [9.17, 15) is 24.6 Å². The number of aromatic hydroxyl groups is 2. The number of hydrogen-bond acceptors (Lipinski definition) is 8. The third-order valence-electron chi connectivity index (χ3n) is 11.6. The van der Waals surface area contributed by atoms with Crippen LogP contribution in [0.1, 0.15) is 41.0 Å². The highest BCUT2D eigenvalue weighted by atomic mass is 16.5. The molecule has 8 rings (SSSR count). The van der Waals surface area contributed by atoms with E-state index in [0.29, 0.717) is 29.0 Å². The fraction of sp³-hybridized carbons (Fsp3) is 0.286. The lowest BCUT2D eigenvalue weighted by Gasteiger charge is -2.50. The van der Waals surface area contributed by atoms with E-state index in [0.717, 1.165) is 21.7 Å². The minimum absolute atomic E-state index is 0.100. The number of nitrogens with one attached hydrogen (secondary N) is 1. The molecule has 0 aromatic heterocycles. The average molecular weight is 698 g/mol. The summed E-state index contributed by atoms with van der Waals surface area (Å²) < 4.78 is 5.41. The van der Waals surface area contributed by atoms with E-state index in [2.05, 4.69) is 5.43 Å². The Morgan fingerprint density at radius 1 is 0.846 bits per heavy atom. The first-order chi connectivity index (χ1) is 25.1. The zero-order valence-electron chi connectivity index (χ0n) is 28.9. The molecule has 1 saturated carbocycles. The van der Waals surface area contributed by atoms with Gasteiger partial charge in [0, 0.05) is 24.1 Å². The second kappa shape index (κ2) is 12.7. The van der Waals surface area contributed by atoms with Crippen molar-refractivity contribution in [3.8, 4) is 17.2 Å². The number of rotatable bonds is 8. The number of carbonyl (C=O) groups is 4. The number of ether oxygens (including phenoxy) is 1. The van der Waals surface area contributed by atoms with Gasteiger partial charge in [-0.3, -0.25) is 29.5 Å². The van der Waals surface area contributed by atoms with Gasteiger partial charge in [-0.25, -0.2) is 0 Å². The summed E-state index contributed by atoms with van der Waals surface area (Å²) in [5.41, 5.74) is 5.90. The van der Waals surface area contributed by atoms with Crippen molar-refractivity contribution in [2.75, 3.05) is 19.1 Å². The predicted molar refractivity (Wildman–Crippen MR) is 192 cm³/mol. The predicted octanol–water partition coefficient (Wildman–Crippen LogP) is 5.64. The lowest BCUT2D eigenvalue weighted by atomic mass is 9.49. The molecule has 264 valence electrons. The van der Waals surface area contributed by atoms with Gasteiger partial charge in [0.05, 0.1) is 36.0 Å². The van der Waals surface area contributed by atoms with Crippen molar-refractivity contribution in [3.05, 3.63) is 131 Å². The van der Waals surface area contributed by atoms with Gasteiger partial charge in [0.15, 0.2) is 0 Å². The van der Waals surface area contributed by atoms with Crippen LogP contribution in [0.3, 0.4) is 0 Å². The van der Waals surface area contributed by atoms with Gasteiger partial charge in [0.1, 0.15) is 17.2 Å². The maximum absolute atomic E-state index is 15.2. The Labute approximate surface area is 301 Å². The van der Waals surface area contributed by atoms with E-state index in [1.165, 1.54) is 18.1 Å². The molecule has 10 nitrogen and oxygen atoms in total. The molecular weight excluding hydrogens is 658 g/mol. The largest absolute Gasteiger partial charge is 0.508 e. The van der Waals surface area contributed by atoms with Crippen LogP contribution in [0.2, 0.25) is 0 Å². The van der Waals surface area contributed by atoms with Gasteiger partial charge in [0.2, 0.25) is 11.8 Å². The minimum Gasteiger partial charge on any atom is -0.508 e. The number of aryl methyl sites for hydroxylation is 1. The number of methoxy groups -OCH3 is 1. The molecule has 3 fully saturated rings. The summed E-state index contributed by atoms with van der Waals surface area (Å²) in [6.07, 6.45) is 2.85. The van der Waals surface area contributed by atoms with Crippen LogP contribution in [-0.4, -0.2) is 57.4 Å². The Morgan fingerprint density at radius 3 is 2.27 bits per heavy atom. The molecule has 4 aromatic rings. The Balaban J connectivity index is 1.26. The monoisotopic (exact) mass is 697 g/mol. The lowest BCUT2D eigenvalue weighted by Crippen LogP contribution is -2.53. The second-order valence-electron chi connectivity index (χ2n) is 14.3. The van der Waals surface area contributed by atoms with Gasteiger partial charge < -0.3 is 14.9 Å². The normalized spacial score (nSPS) is 26.5. The molecule has 0 spiro atoms. The van der Waals surface area contributed by atoms with E-state index >= 15 is 4.79 Å². The number of nitrogens with zero attached hydrogens (tertiary/aromatic N) is 2. The van der Waals surface area contributed by atoms with E-state index in [1.807, 2.05) is 67.6 Å². The van der Waals surface area contributed by atoms with Gasteiger partial charge in [-0.1, -0.05) is 77.9 Å². The van der Waals surface area contributed by atoms with Crippen molar-refractivity contribution in [2.45, 2.75) is 37.5 Å². The summed E-state index contributed by atoms with van der Waals surface area (Å²) in [6.45, 7) is 2.14. The Kier molecular flexibility index (Phi) is 8.12. The van der Waals surface area contributed by atoms with Crippen LogP contribution in [0.4, 0.5) is 5.69 Å². The zero-order chi connectivity index (χ0) is 36.3. The SMILES string of the molecule is COc1ccc(C2C3=CCC4C(=O)N(CCc5ccc(O)cc5)C(=O)C4C3CC3C(=O)N(Nc4ccc(C)cc4)C(=O)C32c2ccccc2)c(O)c1. The minimum atomic E-state index is -1.48. The standard InChI is InChI=1S/C42H39N3O7/c1-24-8-12-27(13-9-24)43-45-39(49)34-23-33-30(18-19-32-36(33)40(50)44(38(32)48)21-20-25-10-14-28(46)15-11-25)37(31-17-16-29(52-2)22-35(31)47)42(34,41(45)51)26-6-4-3-5-7-26/h3-18,22,32-34,36-37,43,46-47H,19-21,23H2,1-2H3. The number of hydrogen-bond donors (Lipinski definition) is 3. The molecule has 0 radical (unpaired) electrons. The average Bonchev–Trinajstić information content (AvgIpc) is 3.53. The molecule has 4 amide bonds. The molecule has 52 heavy (non-hydrogen) atoms. The van der Waals surface area contributed by atoms with Crippen LogP contribution in [0, 0.1) is 30.6 Å². The van der Waals surface area contributed by atoms with Crippen LogP contribution >= 0.6 is 0 Å². The van der Waals surface area contributed by atoms with Gasteiger partial charge >= 0.3 is 0 Å². The molecule has 6 unspecified atom stereocenters. The second-order valence-corrected chi connectivity index (χ2v) is 14.3. The van der Waals surface area contributed by atoms with Crippen molar-refractivity contribution in [1.82, 2.24) is 9.91 Å². The first-order valence-corrected chi connectivity index (χ1v) is 17.6. The van der Waals surface area contributed by atoms with Crippen molar-refractivity contribution >= 4 is 29.3 Å². The van der Waals surface area contributed by atoms with Crippen molar-refractivity contribution in [2.24, 2.45) is 23.7 Å². The first-order valence-electron chi connectivity index (χ1n) is 17.6. The summed E-state index contributed by atoms with van der Waals surface area (Å²) in [6, 6.07) is 28.3. The summed E-state index contributed by atoms with van der Waals surface area (Å²) in [5.74, 6) is -4.63. The third-order valence-corrected chi connectivity index (χ3v) is 11.6. The van der Waals surface area contributed by atoms with Crippen molar-refractivity contribution in [1.29, 1.82) is 0 Å². The highest BCUT2D eigenvalue weighted by Crippen LogP contribution is 2.65. The Morgan fingerprint density at radius 2 is 1.58 bits per heavy atom. The summed E-state index contributed by atoms with van der Waals surface area (Å²) >= 11 is 0. The summed E-state index contributed by atoms with van der Waals surface area (Å²) in [5, 5.41) is 22.5. The fourth-order valence-corrected chi connectivity index (χ4v) is 9.18. The molecule has 4 aromatic carbocycles. The summed E-state index contributed by atoms with van der Waals surface area (Å²) in [4.78, 5) is 59.7. The van der Waals surface area contributed by atoms with Crippen LogP contribution in [0.5, 0.6) is 17.2 Å². The number of benzene rings is 4. The maximum Gasteiger partial charge on any atom is 0.260 e. The fourth-order valence-electron chi connectivity index (χ4n) is 9.18. The van der Waals surface area contributed by atoms with Crippen LogP contribution in [0.25, 0.3) is 0 Å². The van der Waals surface area contributed by atoms with Crippen LogP contribution in [0.15, 0.2) is 109 Å². The van der Waals surface area contributed by atoms with Crippen molar-refractivity contribution in [3.63, 3.8) is 0 Å². The lowest BCUT2D eigenvalue weighted by molar-refractivity contribution is -0.141. The number of phenolic OH excluding ortho intramolecular Hbond substituents is 2. The molecule has 4 aliphatic rings. The topological polar surface area (TPSA) is 136 Å².